The molecular formula is C16H20O6S. The Morgan fingerprint density at radius 3 is 2.57 bits per heavy atom. The van der Waals surface area contributed by atoms with Crippen LogP contribution in [0.5, 0.6) is 0 Å². The summed E-state index contributed by atoms with van der Waals surface area (Å²) in [6.07, 6.45) is -1.99. The van der Waals surface area contributed by atoms with Crippen LogP contribution in [0.4, 0.5) is 0 Å². The molecule has 126 valence electrons. The first-order valence-electron chi connectivity index (χ1n) is 7.31. The quantitative estimate of drug-likeness (QED) is 0.818. The summed E-state index contributed by atoms with van der Waals surface area (Å²) in [5, 5.41) is 9.73. The Kier molecular flexibility index (Phi) is 6.44. The molecule has 0 spiro atoms. The van der Waals surface area contributed by atoms with E-state index in [1.807, 2.05) is 30.3 Å². The van der Waals surface area contributed by atoms with Crippen LogP contribution < -0.4 is 0 Å². The van der Waals surface area contributed by atoms with E-state index in [0.717, 1.165) is 4.90 Å². The molecule has 0 bridgehead atoms. The molecule has 2 rings (SSSR count). The largest absolute Gasteiger partial charge is 0.463 e. The Labute approximate surface area is 139 Å². The summed E-state index contributed by atoms with van der Waals surface area (Å²) < 4.78 is 15.8. The van der Waals surface area contributed by atoms with Gasteiger partial charge in [-0.25, -0.2) is 0 Å². The molecule has 1 heterocycles. The van der Waals surface area contributed by atoms with Gasteiger partial charge in [0.25, 0.3) is 0 Å². The van der Waals surface area contributed by atoms with E-state index >= 15 is 0 Å². The molecule has 6 nitrogen and oxygen atoms in total. The predicted molar refractivity (Wildman–Crippen MR) is 83.8 cm³/mol. The minimum absolute atomic E-state index is 0.0732. The van der Waals surface area contributed by atoms with Gasteiger partial charge in [-0.05, 0) is 12.1 Å². The lowest BCUT2D eigenvalue weighted by atomic mass is 10.0. The first-order valence-corrected chi connectivity index (χ1v) is 8.19. The monoisotopic (exact) mass is 340 g/mol. The van der Waals surface area contributed by atoms with Crippen LogP contribution in [-0.2, 0) is 23.8 Å². The summed E-state index contributed by atoms with van der Waals surface area (Å²) in [5.74, 6) is -0.899. The van der Waals surface area contributed by atoms with Crippen molar-refractivity contribution >= 4 is 23.7 Å². The van der Waals surface area contributed by atoms with Crippen LogP contribution in [-0.4, -0.2) is 47.4 Å². The molecule has 1 fully saturated rings. The van der Waals surface area contributed by atoms with Crippen LogP contribution >= 0.6 is 11.8 Å². The fraction of sp³-hybridized carbons (Fsp3) is 0.500. The third kappa shape index (κ3) is 5.53. The number of carbonyl (C=O) groups is 2. The zero-order valence-electron chi connectivity index (χ0n) is 13.0. The van der Waals surface area contributed by atoms with E-state index in [9.17, 15) is 14.7 Å². The van der Waals surface area contributed by atoms with Crippen molar-refractivity contribution in [3.05, 3.63) is 30.3 Å². The van der Waals surface area contributed by atoms with Gasteiger partial charge in [-0.15, -0.1) is 11.8 Å². The lowest BCUT2D eigenvalue weighted by Crippen LogP contribution is -2.51. The van der Waals surface area contributed by atoms with E-state index in [1.165, 1.54) is 25.6 Å². The molecule has 1 saturated heterocycles. The fourth-order valence-electron chi connectivity index (χ4n) is 2.37. The summed E-state index contributed by atoms with van der Waals surface area (Å²) in [7, 11) is 0. The molecular weight excluding hydrogens is 320 g/mol. The van der Waals surface area contributed by atoms with E-state index in [0.29, 0.717) is 6.42 Å². The lowest BCUT2D eigenvalue weighted by Gasteiger charge is -2.38. The average Bonchev–Trinajstić information content (AvgIpc) is 2.48. The minimum atomic E-state index is -0.997. The average molecular weight is 340 g/mol. The van der Waals surface area contributed by atoms with Gasteiger partial charge in [0.05, 0.1) is 5.25 Å². The van der Waals surface area contributed by atoms with Crippen molar-refractivity contribution in [2.75, 3.05) is 6.61 Å². The standard InChI is InChI=1S/C16H20O6S/c1-10(17)20-9-13-16(21-11(2)18)14(8-15(19)22-13)23-12-6-4-3-5-7-12/h3-7,13-16,19H,8-9H2,1-2H3/t13-,14+,15+,16-/m1/s1. The fourth-order valence-corrected chi connectivity index (χ4v) is 3.66. The third-order valence-electron chi connectivity index (χ3n) is 3.28. The Morgan fingerprint density at radius 1 is 1.26 bits per heavy atom. The molecule has 0 amide bonds. The molecule has 0 saturated carbocycles. The van der Waals surface area contributed by atoms with E-state index in [4.69, 9.17) is 14.2 Å². The van der Waals surface area contributed by atoms with E-state index in [1.54, 1.807) is 0 Å². The topological polar surface area (TPSA) is 82.1 Å². The van der Waals surface area contributed by atoms with Crippen LogP contribution in [0.3, 0.4) is 0 Å². The maximum atomic E-state index is 11.4. The van der Waals surface area contributed by atoms with Crippen molar-refractivity contribution in [1.29, 1.82) is 0 Å². The molecule has 7 heteroatoms. The first-order chi connectivity index (χ1) is 11.0. The summed E-state index contributed by atoms with van der Waals surface area (Å²) in [5.41, 5.74) is 0. The Hall–Kier alpha value is -1.57. The number of hydrogen-bond acceptors (Lipinski definition) is 7. The van der Waals surface area contributed by atoms with Gasteiger partial charge < -0.3 is 19.3 Å². The highest BCUT2D eigenvalue weighted by atomic mass is 32.2. The summed E-state index contributed by atoms with van der Waals surface area (Å²) in [4.78, 5) is 23.4. The van der Waals surface area contributed by atoms with Gasteiger partial charge in [0.1, 0.15) is 18.8 Å². The maximum Gasteiger partial charge on any atom is 0.303 e. The zero-order valence-corrected chi connectivity index (χ0v) is 13.8. The highest BCUT2D eigenvalue weighted by Gasteiger charge is 2.41. The molecule has 1 N–H and O–H groups in total. The highest BCUT2D eigenvalue weighted by molar-refractivity contribution is 8.00. The number of aliphatic hydroxyl groups excluding tert-OH is 1. The van der Waals surface area contributed by atoms with Crippen molar-refractivity contribution < 1.29 is 28.9 Å². The molecule has 0 aliphatic carbocycles. The lowest BCUT2D eigenvalue weighted by molar-refractivity contribution is -0.218. The smallest absolute Gasteiger partial charge is 0.303 e. The van der Waals surface area contributed by atoms with Crippen LogP contribution in [0.2, 0.25) is 0 Å². The van der Waals surface area contributed by atoms with Gasteiger partial charge in [0.2, 0.25) is 0 Å². The Morgan fingerprint density at radius 2 is 1.96 bits per heavy atom. The van der Waals surface area contributed by atoms with Gasteiger partial charge in [0, 0.05) is 25.2 Å². The second-order valence-electron chi connectivity index (χ2n) is 5.21. The van der Waals surface area contributed by atoms with Crippen LogP contribution in [0, 0.1) is 0 Å². The number of aliphatic hydroxyl groups is 1. The minimum Gasteiger partial charge on any atom is -0.463 e. The molecule has 1 aliphatic rings. The number of ether oxygens (including phenoxy) is 3. The summed E-state index contributed by atoms with van der Waals surface area (Å²) in [6, 6.07) is 9.62. The van der Waals surface area contributed by atoms with Crippen molar-refractivity contribution in [3.63, 3.8) is 0 Å². The van der Waals surface area contributed by atoms with Crippen LogP contribution in [0.15, 0.2) is 35.2 Å². The molecule has 4 atom stereocenters. The van der Waals surface area contributed by atoms with E-state index in [-0.39, 0.29) is 11.9 Å². The number of benzene rings is 1. The van der Waals surface area contributed by atoms with E-state index < -0.39 is 30.4 Å². The van der Waals surface area contributed by atoms with Crippen molar-refractivity contribution in [3.8, 4) is 0 Å². The second kappa shape index (κ2) is 8.33. The van der Waals surface area contributed by atoms with Crippen molar-refractivity contribution in [1.82, 2.24) is 0 Å². The normalized spacial score (nSPS) is 27.3. The van der Waals surface area contributed by atoms with Crippen LogP contribution in [0.1, 0.15) is 20.3 Å². The Balaban J connectivity index is 2.14. The number of carbonyl (C=O) groups excluding carboxylic acids is 2. The van der Waals surface area contributed by atoms with Crippen molar-refractivity contribution in [2.24, 2.45) is 0 Å². The van der Waals surface area contributed by atoms with Gasteiger partial charge in [-0.3, -0.25) is 9.59 Å². The molecule has 0 unspecified atom stereocenters. The first kappa shape index (κ1) is 17.8. The van der Waals surface area contributed by atoms with Gasteiger partial charge in [-0.2, -0.15) is 0 Å². The second-order valence-corrected chi connectivity index (χ2v) is 6.52. The van der Waals surface area contributed by atoms with Gasteiger partial charge >= 0.3 is 11.9 Å². The Bertz CT molecular complexity index is 535. The molecule has 0 aromatic heterocycles. The molecule has 1 aromatic rings. The molecule has 0 radical (unpaired) electrons. The van der Waals surface area contributed by atoms with E-state index in [2.05, 4.69) is 0 Å². The maximum absolute atomic E-state index is 11.4. The summed E-state index contributed by atoms with van der Waals surface area (Å²) >= 11 is 1.50. The zero-order chi connectivity index (χ0) is 16.8. The number of thioether (sulfide) groups is 1. The van der Waals surface area contributed by atoms with Crippen LogP contribution in [0.25, 0.3) is 0 Å². The SMILES string of the molecule is CC(=O)OC[C@H]1O[C@H](O)C[C@H](Sc2ccccc2)[C@@H]1OC(C)=O. The van der Waals surface area contributed by atoms with Gasteiger partial charge in [-0.1, -0.05) is 18.2 Å². The van der Waals surface area contributed by atoms with Gasteiger partial charge in [0.15, 0.2) is 6.29 Å². The number of rotatable bonds is 5. The number of esters is 2. The molecule has 1 aromatic carbocycles. The number of hydrogen-bond donors (Lipinski definition) is 1. The molecule has 23 heavy (non-hydrogen) atoms. The molecule has 1 aliphatic heterocycles. The summed E-state index contributed by atoms with van der Waals surface area (Å²) in [6.45, 7) is 2.53. The van der Waals surface area contributed by atoms with Crippen molar-refractivity contribution in [2.45, 2.75) is 48.9 Å². The third-order valence-corrected chi connectivity index (χ3v) is 4.59. The highest BCUT2D eigenvalue weighted by Crippen LogP contribution is 2.35. The predicted octanol–water partition coefficient (Wildman–Crippen LogP) is 1.75.